The second-order valence-corrected chi connectivity index (χ2v) is 12.3. The molecule has 2 aliphatic rings. The number of aromatic nitrogens is 1. The molecule has 54 heavy (non-hydrogen) atoms. The zero-order valence-corrected chi connectivity index (χ0v) is 26.7. The summed E-state index contributed by atoms with van der Waals surface area (Å²) < 4.78 is 261. The highest BCUT2D eigenvalue weighted by Crippen LogP contribution is 2.46. The first-order chi connectivity index (χ1) is 37.6. The molecule has 5 heterocycles. The van der Waals surface area contributed by atoms with Crippen LogP contribution in [-0.4, -0.2) is 11.5 Å². The number of ether oxygens (including phenoxy) is 1. The van der Waals surface area contributed by atoms with Crippen LogP contribution in [0.4, 0.5) is 0 Å². The first-order valence-electron chi connectivity index (χ1n) is 29.2. The van der Waals surface area contributed by atoms with Crippen LogP contribution in [0.15, 0.2) is 166 Å². The molecule has 0 radical (unpaired) electrons. The molecule has 0 unspecified atom stereocenters. The van der Waals surface area contributed by atoms with Gasteiger partial charge in [-0.15, -0.1) is 0 Å². The van der Waals surface area contributed by atoms with Crippen molar-refractivity contribution in [2.75, 3.05) is 0 Å². The quantitative estimate of drug-likeness (QED) is 0.167. The Balaban J connectivity index is 1.19. The van der Waals surface area contributed by atoms with E-state index in [0.717, 1.165) is 4.57 Å². The third kappa shape index (κ3) is 3.69. The van der Waals surface area contributed by atoms with E-state index in [1.165, 1.54) is 0 Å². The average Bonchev–Trinajstić information content (AvgIpc) is 3.55. The molecule has 0 saturated heterocycles. The molecule has 3 aromatic heterocycles. The van der Waals surface area contributed by atoms with Crippen molar-refractivity contribution < 1.29 is 53.9 Å². The van der Waals surface area contributed by atoms with Gasteiger partial charge in [0.1, 0.15) is 39.6 Å². The van der Waals surface area contributed by atoms with E-state index in [1.807, 2.05) is 0 Å². The van der Waals surface area contributed by atoms with E-state index < -0.39 is 264 Å². The molecule has 13 rings (SSSR count). The summed E-state index contributed by atoms with van der Waals surface area (Å²) in [7, 11) is 0. The van der Waals surface area contributed by atoms with Crippen LogP contribution in [0.3, 0.4) is 0 Å². The van der Waals surface area contributed by atoms with Gasteiger partial charge in [0.2, 0.25) is 0 Å². The Labute approximate surface area is 344 Å². The number of fused-ring (bicyclic) bond motifs is 14. The zero-order chi connectivity index (χ0) is 57.7. The van der Waals surface area contributed by atoms with Crippen LogP contribution < -0.4 is 20.3 Å². The number of para-hydroxylation sites is 5. The summed E-state index contributed by atoms with van der Waals surface area (Å²) in [4.78, 5) is 0. The molecule has 2 aliphatic heterocycles. The lowest BCUT2D eigenvalue weighted by Crippen LogP contribution is -2.53. The lowest BCUT2D eigenvalue weighted by atomic mass is 9.50. The van der Waals surface area contributed by atoms with E-state index in [2.05, 4.69) is 0 Å². The van der Waals surface area contributed by atoms with Gasteiger partial charge in [0.25, 0.3) is 0 Å². The van der Waals surface area contributed by atoms with Gasteiger partial charge in [-0.2, -0.15) is 0 Å². The molecule has 250 valence electrons. The molecule has 0 saturated carbocycles. The van der Waals surface area contributed by atoms with Crippen molar-refractivity contribution in [3.05, 3.63) is 157 Å². The minimum Gasteiger partial charge on any atom is -0.551 e. The van der Waals surface area contributed by atoms with Crippen molar-refractivity contribution in [1.29, 1.82) is 0 Å². The Kier molecular flexibility index (Phi) is 2.59. The highest BCUT2D eigenvalue weighted by Gasteiger charge is 2.41. The van der Waals surface area contributed by atoms with Crippen LogP contribution in [0.5, 0.6) is 17.2 Å². The number of benzene rings is 8. The first kappa shape index (κ1) is 13.7. The van der Waals surface area contributed by atoms with Gasteiger partial charge in [0, 0.05) is 60.7 Å². The summed E-state index contributed by atoms with van der Waals surface area (Å²) in [6.07, 6.45) is 0. The summed E-state index contributed by atoms with van der Waals surface area (Å²) in [5.41, 5.74) is -6.82. The largest absolute Gasteiger partial charge is 0.551 e. The minimum atomic E-state index is -1.89. The Morgan fingerprint density at radius 2 is 1.20 bits per heavy atom. The fourth-order valence-electron chi connectivity index (χ4n) is 7.28. The van der Waals surface area contributed by atoms with Gasteiger partial charge >= 0.3 is 6.92 Å². The van der Waals surface area contributed by atoms with E-state index in [4.69, 9.17) is 41.5 Å². The molecule has 0 spiro atoms. The molecule has 0 aliphatic carbocycles. The van der Waals surface area contributed by atoms with Gasteiger partial charge in [-0.3, -0.25) is 0 Å². The molecule has 0 atom stereocenters. The van der Waals surface area contributed by atoms with Gasteiger partial charge in [-0.1, -0.05) is 96.7 Å². The fourth-order valence-corrected chi connectivity index (χ4v) is 7.28. The smallest absolute Gasteiger partial charge is 0.434 e. The molecule has 0 amide bonds. The molecule has 11 aromatic rings. The number of rotatable bonds is 2. The van der Waals surface area contributed by atoms with E-state index in [0.29, 0.717) is 0 Å². The maximum absolute atomic E-state index is 10.0. The van der Waals surface area contributed by atoms with Crippen LogP contribution in [-0.2, 0) is 0 Å². The zero-order valence-electron chi connectivity index (χ0n) is 52.7. The second-order valence-electron chi connectivity index (χ2n) is 12.3. The lowest BCUT2D eigenvalue weighted by Gasteiger charge is -2.33. The van der Waals surface area contributed by atoms with Crippen molar-refractivity contribution >= 4 is 83.5 Å². The van der Waals surface area contributed by atoms with Gasteiger partial charge < -0.3 is 22.8 Å². The Bertz CT molecular complexity index is 4850. The highest BCUT2D eigenvalue weighted by atomic mass is 16.5. The van der Waals surface area contributed by atoms with Gasteiger partial charge in [-0.05, 0) is 65.5 Å². The minimum absolute atomic E-state index is 0.265. The van der Waals surface area contributed by atoms with Crippen molar-refractivity contribution in [1.82, 2.24) is 4.57 Å². The first-order valence-corrected chi connectivity index (χ1v) is 16.2. The number of hydrogen-bond donors (Lipinski definition) is 0. The number of nitrogens with zero attached hydrogens (tertiary/aromatic N) is 1. The number of furan rings is 2. The van der Waals surface area contributed by atoms with Crippen molar-refractivity contribution in [3.8, 4) is 45.2 Å². The maximum Gasteiger partial charge on any atom is 0.434 e. The summed E-state index contributed by atoms with van der Waals surface area (Å²) in [5, 5.41) is -2.24. The second kappa shape index (κ2) is 10.2. The van der Waals surface area contributed by atoms with Gasteiger partial charge in [0.05, 0.1) is 52.1 Å². The van der Waals surface area contributed by atoms with E-state index >= 15 is 0 Å². The molecule has 8 aromatic carbocycles. The maximum atomic E-state index is 10.0. The Hall–Kier alpha value is -7.18. The number of hydrogen-bond acceptors (Lipinski definition) is 4. The predicted octanol–water partition coefficient (Wildman–Crippen LogP) is 11.5. The molecule has 0 N–H and O–H groups in total. The average molecular weight is 718 g/mol. The van der Waals surface area contributed by atoms with Crippen LogP contribution in [0, 0.1) is 0 Å². The molecular formula is C48H26BNO4. The summed E-state index contributed by atoms with van der Waals surface area (Å²) in [6.45, 7) is -1.89. The van der Waals surface area contributed by atoms with E-state index in [9.17, 15) is 12.3 Å². The SMILES string of the molecule is [2H]c1c([2H])c([2H])c2c(c1[2H])OB1c3c([2H])c([2H])c(-n4c5c([2H])c([2H])c([2H])c([2H])c5c5c([2H])c([2H])c([2H])c([2H])c54)c([2H])c3Oc3c([2H])c(-c4c([2H])c([2H])c([2H])c5c4oc4c5c([2H])c([2H])c5oc6c([2H])c([2H])c([2H])c([2H])c6c54)c([2H])c-2c31. The Morgan fingerprint density at radius 3 is 2.07 bits per heavy atom. The normalized spacial score (nSPS) is 19.8. The molecule has 0 bridgehead atoms. The van der Waals surface area contributed by atoms with Gasteiger partial charge in [-0.25, -0.2) is 0 Å². The van der Waals surface area contributed by atoms with Crippen LogP contribution in [0.25, 0.3) is 93.6 Å². The van der Waals surface area contributed by atoms with E-state index in [-0.39, 0.29) is 21.6 Å². The summed E-state index contributed by atoms with van der Waals surface area (Å²) in [5.74, 6) is -2.04. The highest BCUT2D eigenvalue weighted by molar-refractivity contribution is 6.84. The monoisotopic (exact) mass is 717 g/mol. The summed E-state index contributed by atoms with van der Waals surface area (Å²) >= 11 is 0. The Morgan fingerprint density at radius 1 is 0.481 bits per heavy atom. The standard InChI is InChI=1S/C48H26BNO4/c1-5-16-38-30(10-1)31-11-2-6-17-39(31)50(38)28-20-22-37-43(26-28)52-44-25-27(24-36-32-12-3-8-19-41(32)54-49(37)46(36)44)29-14-9-15-33-34-21-23-42-45(48(34)53-47(29)33)35-13-4-7-18-40(35)51-42/h1-26H/i1D,2D,3D,4D,5D,6D,7D,8D,9D,10D,11D,12D,13D,14D,15D,16D,17D,18D,19D,20D,21D,22D,23D,24D,25D,26D. The molecular weight excluding hydrogens is 665 g/mol. The topological polar surface area (TPSA) is 49.7 Å². The molecule has 5 nitrogen and oxygen atoms in total. The molecule has 0 fully saturated rings. The van der Waals surface area contributed by atoms with Crippen molar-refractivity contribution in [2.45, 2.75) is 0 Å². The third-order valence-corrected chi connectivity index (χ3v) is 9.54. The molecule has 6 heteroatoms. The van der Waals surface area contributed by atoms with Crippen LogP contribution in [0.2, 0.25) is 0 Å². The predicted molar refractivity (Wildman–Crippen MR) is 218 cm³/mol. The van der Waals surface area contributed by atoms with Gasteiger partial charge in [0.15, 0.2) is 0 Å². The fraction of sp³-hybridized carbons (Fsp3) is 0. The van der Waals surface area contributed by atoms with E-state index in [1.54, 1.807) is 0 Å². The van der Waals surface area contributed by atoms with Crippen LogP contribution >= 0.6 is 0 Å². The third-order valence-electron chi connectivity index (χ3n) is 9.54. The summed E-state index contributed by atoms with van der Waals surface area (Å²) in [6, 6.07) is -20.6. The van der Waals surface area contributed by atoms with Crippen molar-refractivity contribution in [2.24, 2.45) is 0 Å². The van der Waals surface area contributed by atoms with Crippen molar-refractivity contribution in [3.63, 3.8) is 0 Å². The van der Waals surface area contributed by atoms with Crippen LogP contribution in [0.1, 0.15) is 35.6 Å². The lowest BCUT2D eigenvalue weighted by molar-refractivity contribution is 0.479.